The van der Waals surface area contributed by atoms with Crippen molar-refractivity contribution < 1.29 is 4.79 Å². The Labute approximate surface area is 150 Å². The molecule has 0 heterocycles. The average molecular weight is 342 g/mol. The molecule has 0 unspecified atom stereocenters. The van der Waals surface area contributed by atoms with Crippen LogP contribution in [0.2, 0.25) is 0 Å². The van der Waals surface area contributed by atoms with Gasteiger partial charge in [0.2, 0.25) is 5.91 Å². The number of benzene rings is 2. The van der Waals surface area contributed by atoms with Gasteiger partial charge in [-0.1, -0.05) is 81.4 Å². The molecule has 2 aromatic rings. The number of hydrogen-bond donors (Lipinski definition) is 1. The Morgan fingerprint density at radius 3 is 1.92 bits per heavy atom. The summed E-state index contributed by atoms with van der Waals surface area (Å²) in [5, 5.41) is 3.07. The molecule has 0 bridgehead atoms. The highest BCUT2D eigenvalue weighted by Crippen LogP contribution is 2.27. The van der Waals surface area contributed by atoms with E-state index in [1.165, 1.54) is 11.1 Å². The third-order valence-electron chi connectivity index (χ3n) is 3.80. The normalized spacial score (nSPS) is 11.5. The van der Waals surface area contributed by atoms with Crippen LogP contribution < -0.4 is 5.32 Å². The van der Waals surface area contributed by atoms with E-state index in [1.54, 1.807) is 11.8 Å². The first kappa shape index (κ1) is 18.6. The molecule has 0 aromatic heterocycles. The zero-order valence-electron chi connectivity index (χ0n) is 14.8. The van der Waals surface area contributed by atoms with Crippen LogP contribution in [-0.4, -0.2) is 23.0 Å². The quantitative estimate of drug-likeness (QED) is 0.779. The maximum Gasteiger partial charge on any atom is 0.230 e. The highest BCUT2D eigenvalue weighted by Gasteiger charge is 2.15. The first-order valence-corrected chi connectivity index (χ1v) is 9.45. The summed E-state index contributed by atoms with van der Waals surface area (Å²) in [5.74, 6) is 0.947. The number of hydrogen-bond acceptors (Lipinski definition) is 2. The van der Waals surface area contributed by atoms with Crippen molar-refractivity contribution >= 4 is 17.7 Å². The van der Waals surface area contributed by atoms with Crippen molar-refractivity contribution in [2.45, 2.75) is 37.9 Å². The molecule has 0 radical (unpaired) electrons. The van der Waals surface area contributed by atoms with E-state index in [0.717, 1.165) is 6.42 Å². The molecule has 0 fully saturated rings. The summed E-state index contributed by atoms with van der Waals surface area (Å²) >= 11 is 1.68. The standard InChI is InChI=1S/C21H27NOS/c1-21(2,3)24-16-20(23)22-15-14-19(17-10-6-4-7-11-17)18-12-8-5-9-13-18/h4-13,19H,14-16H2,1-3H3,(H,22,23). The van der Waals surface area contributed by atoms with Crippen LogP contribution in [0.15, 0.2) is 60.7 Å². The lowest BCUT2D eigenvalue weighted by Crippen LogP contribution is -2.28. The van der Waals surface area contributed by atoms with Crippen LogP contribution in [0.25, 0.3) is 0 Å². The monoisotopic (exact) mass is 341 g/mol. The fourth-order valence-corrected chi connectivity index (χ4v) is 3.25. The van der Waals surface area contributed by atoms with Crippen molar-refractivity contribution in [1.82, 2.24) is 5.32 Å². The van der Waals surface area contributed by atoms with Gasteiger partial charge in [-0.3, -0.25) is 4.79 Å². The molecule has 0 atom stereocenters. The number of thioether (sulfide) groups is 1. The first-order valence-electron chi connectivity index (χ1n) is 8.46. The fourth-order valence-electron chi connectivity index (χ4n) is 2.59. The topological polar surface area (TPSA) is 29.1 Å². The van der Waals surface area contributed by atoms with Crippen molar-refractivity contribution in [3.05, 3.63) is 71.8 Å². The summed E-state index contributed by atoms with van der Waals surface area (Å²) in [6.07, 6.45) is 0.903. The predicted molar refractivity (Wildman–Crippen MR) is 105 cm³/mol. The van der Waals surface area contributed by atoms with E-state index >= 15 is 0 Å². The van der Waals surface area contributed by atoms with Crippen LogP contribution in [0.4, 0.5) is 0 Å². The van der Waals surface area contributed by atoms with E-state index in [1.807, 2.05) is 12.1 Å². The Bertz CT molecular complexity index is 580. The van der Waals surface area contributed by atoms with Crippen LogP contribution in [0.1, 0.15) is 44.2 Å². The zero-order valence-corrected chi connectivity index (χ0v) is 15.6. The van der Waals surface area contributed by atoms with Gasteiger partial charge in [0.05, 0.1) is 5.75 Å². The summed E-state index contributed by atoms with van der Waals surface area (Å²) in [7, 11) is 0. The number of carbonyl (C=O) groups is 1. The molecular weight excluding hydrogens is 314 g/mol. The summed E-state index contributed by atoms with van der Waals surface area (Å²) in [4.78, 5) is 12.0. The fraction of sp³-hybridized carbons (Fsp3) is 0.381. The van der Waals surface area contributed by atoms with E-state index in [0.29, 0.717) is 18.2 Å². The largest absolute Gasteiger partial charge is 0.355 e. The molecule has 128 valence electrons. The second-order valence-corrected chi connectivity index (χ2v) is 8.72. The van der Waals surface area contributed by atoms with Gasteiger partial charge in [0.1, 0.15) is 0 Å². The van der Waals surface area contributed by atoms with Crippen molar-refractivity contribution in [2.24, 2.45) is 0 Å². The molecule has 2 nitrogen and oxygen atoms in total. The lowest BCUT2D eigenvalue weighted by Gasteiger charge is -2.19. The second kappa shape index (κ2) is 8.93. The van der Waals surface area contributed by atoms with Crippen LogP contribution in [0.3, 0.4) is 0 Å². The van der Waals surface area contributed by atoms with Gasteiger partial charge >= 0.3 is 0 Å². The number of nitrogens with one attached hydrogen (secondary N) is 1. The molecule has 1 amide bonds. The van der Waals surface area contributed by atoms with Crippen molar-refractivity contribution in [3.8, 4) is 0 Å². The molecule has 1 N–H and O–H groups in total. The lowest BCUT2D eigenvalue weighted by atomic mass is 9.88. The Kier molecular flexibility index (Phi) is 6.92. The van der Waals surface area contributed by atoms with Gasteiger partial charge in [0, 0.05) is 17.2 Å². The minimum atomic E-state index is 0.119. The molecule has 0 aliphatic heterocycles. The van der Waals surface area contributed by atoms with Gasteiger partial charge in [-0.15, -0.1) is 11.8 Å². The molecule has 0 saturated heterocycles. The van der Waals surface area contributed by atoms with Crippen molar-refractivity contribution in [1.29, 1.82) is 0 Å². The van der Waals surface area contributed by atoms with E-state index in [-0.39, 0.29) is 10.7 Å². The SMILES string of the molecule is CC(C)(C)SCC(=O)NCCC(c1ccccc1)c1ccccc1. The summed E-state index contributed by atoms with van der Waals surface area (Å²) in [6, 6.07) is 21.0. The second-order valence-electron chi connectivity index (χ2n) is 6.91. The van der Waals surface area contributed by atoms with Gasteiger partial charge in [-0.2, -0.15) is 0 Å². The lowest BCUT2D eigenvalue weighted by molar-refractivity contribution is -0.118. The molecule has 3 heteroatoms. The summed E-state index contributed by atoms with van der Waals surface area (Å²) in [6.45, 7) is 7.08. The van der Waals surface area contributed by atoms with Crippen LogP contribution >= 0.6 is 11.8 Å². The molecule has 2 aromatic carbocycles. The molecule has 2 rings (SSSR count). The number of carbonyl (C=O) groups excluding carboxylic acids is 1. The third kappa shape index (κ3) is 6.40. The molecule has 0 spiro atoms. The maximum absolute atomic E-state index is 12.0. The van der Waals surface area contributed by atoms with Crippen molar-refractivity contribution in [3.63, 3.8) is 0 Å². The van der Waals surface area contributed by atoms with E-state index < -0.39 is 0 Å². The van der Waals surface area contributed by atoms with Gasteiger partial charge in [-0.25, -0.2) is 0 Å². The van der Waals surface area contributed by atoms with Gasteiger partial charge < -0.3 is 5.32 Å². The smallest absolute Gasteiger partial charge is 0.230 e. The van der Waals surface area contributed by atoms with E-state index in [2.05, 4.69) is 74.6 Å². The average Bonchev–Trinajstić information content (AvgIpc) is 2.58. The molecule has 0 saturated carbocycles. The number of rotatable bonds is 7. The van der Waals surface area contributed by atoms with Crippen LogP contribution in [-0.2, 0) is 4.79 Å². The van der Waals surface area contributed by atoms with E-state index in [4.69, 9.17) is 0 Å². The molecular formula is C21H27NOS. The Morgan fingerprint density at radius 1 is 0.958 bits per heavy atom. The van der Waals surface area contributed by atoms with Gasteiger partial charge in [0.15, 0.2) is 0 Å². The minimum Gasteiger partial charge on any atom is -0.355 e. The third-order valence-corrected chi connectivity index (χ3v) is 5.07. The number of amides is 1. The Hall–Kier alpha value is -1.74. The van der Waals surface area contributed by atoms with Gasteiger partial charge in [0.25, 0.3) is 0 Å². The Balaban J connectivity index is 1.94. The van der Waals surface area contributed by atoms with E-state index in [9.17, 15) is 4.79 Å². The summed E-state index contributed by atoms with van der Waals surface area (Å²) < 4.78 is 0.119. The highest BCUT2D eigenvalue weighted by atomic mass is 32.2. The highest BCUT2D eigenvalue weighted by molar-refractivity contribution is 8.01. The molecule has 0 aliphatic rings. The minimum absolute atomic E-state index is 0.119. The molecule has 0 aliphatic carbocycles. The van der Waals surface area contributed by atoms with Crippen molar-refractivity contribution in [2.75, 3.05) is 12.3 Å². The summed E-state index contributed by atoms with van der Waals surface area (Å²) in [5.41, 5.74) is 2.59. The van der Waals surface area contributed by atoms with Crippen LogP contribution in [0, 0.1) is 0 Å². The van der Waals surface area contributed by atoms with Crippen LogP contribution in [0.5, 0.6) is 0 Å². The maximum atomic E-state index is 12.0. The predicted octanol–water partition coefficient (Wildman–Crippen LogP) is 4.86. The molecule has 24 heavy (non-hydrogen) atoms. The first-order chi connectivity index (χ1) is 11.5. The van der Waals surface area contributed by atoms with Gasteiger partial charge in [-0.05, 0) is 17.5 Å². The zero-order chi connectivity index (χ0) is 17.4. The Morgan fingerprint density at radius 2 is 1.46 bits per heavy atom.